The Hall–Kier alpha value is -1.47. The van der Waals surface area contributed by atoms with E-state index < -0.39 is 5.54 Å². The van der Waals surface area contributed by atoms with Gasteiger partial charge < -0.3 is 25.1 Å². The van der Waals surface area contributed by atoms with Crippen LogP contribution in [0.1, 0.15) is 40.5 Å². The van der Waals surface area contributed by atoms with Gasteiger partial charge in [0, 0.05) is 20.6 Å². The second kappa shape index (κ2) is 10.4. The highest BCUT2D eigenvalue weighted by molar-refractivity contribution is 5.89. The van der Waals surface area contributed by atoms with Crippen LogP contribution in [0.4, 0.5) is 0 Å². The predicted octanol–water partition coefficient (Wildman–Crippen LogP) is 0.578. The summed E-state index contributed by atoms with van der Waals surface area (Å²) >= 11 is 0. The summed E-state index contributed by atoms with van der Waals surface area (Å²) in [6.07, 6.45) is 1.51. The van der Waals surface area contributed by atoms with Crippen molar-refractivity contribution in [2.24, 2.45) is 5.92 Å². The van der Waals surface area contributed by atoms with Crippen LogP contribution >= 0.6 is 0 Å². The van der Waals surface area contributed by atoms with Gasteiger partial charge in [-0.25, -0.2) is 0 Å². The Morgan fingerprint density at radius 1 is 1.33 bits per heavy atom. The first-order valence-electron chi connectivity index (χ1n) is 8.35. The molecule has 2 N–H and O–H groups in total. The van der Waals surface area contributed by atoms with Crippen LogP contribution in [0.3, 0.4) is 0 Å². The molecule has 0 aliphatic heterocycles. The first-order valence-corrected chi connectivity index (χ1v) is 8.35. The third kappa shape index (κ3) is 6.20. The molecule has 0 saturated carbocycles. The summed E-state index contributed by atoms with van der Waals surface area (Å²) in [7, 11) is 4.92. The molecule has 0 aromatic carbocycles. The third-order valence-corrected chi connectivity index (χ3v) is 4.67. The van der Waals surface area contributed by atoms with Gasteiger partial charge in [-0.1, -0.05) is 20.3 Å². The lowest BCUT2D eigenvalue weighted by atomic mass is 9.91. The van der Waals surface area contributed by atoms with E-state index in [1.54, 1.807) is 40.0 Å². The maximum absolute atomic E-state index is 12.5. The number of methoxy groups -OCH3 is 1. The van der Waals surface area contributed by atoms with Gasteiger partial charge in [0.25, 0.3) is 0 Å². The molecular formula is C17H33N3O4. The van der Waals surface area contributed by atoms with Crippen LogP contribution in [-0.4, -0.2) is 68.4 Å². The van der Waals surface area contributed by atoms with Gasteiger partial charge in [-0.3, -0.25) is 9.59 Å². The van der Waals surface area contributed by atoms with Crippen molar-refractivity contribution in [1.29, 1.82) is 0 Å². The maximum Gasteiger partial charge on any atom is 0.242 e. The van der Waals surface area contributed by atoms with Gasteiger partial charge in [-0.05, 0) is 26.8 Å². The smallest absolute Gasteiger partial charge is 0.242 e. The van der Waals surface area contributed by atoms with Crippen molar-refractivity contribution < 1.29 is 19.1 Å². The fraction of sp³-hybridized carbons (Fsp3) is 0.824. The molecule has 0 aromatic heterocycles. The molecule has 3 unspecified atom stereocenters. The van der Waals surface area contributed by atoms with Crippen LogP contribution in [0, 0.1) is 5.92 Å². The first-order chi connectivity index (χ1) is 11.2. The molecule has 0 rings (SSSR count). The fourth-order valence-electron chi connectivity index (χ4n) is 2.49. The average molecular weight is 343 g/mol. The maximum atomic E-state index is 12.5. The van der Waals surface area contributed by atoms with E-state index in [1.165, 1.54) is 0 Å². The van der Waals surface area contributed by atoms with Gasteiger partial charge in [-0.2, -0.15) is 0 Å². The number of rotatable bonds is 11. The summed E-state index contributed by atoms with van der Waals surface area (Å²) in [4.78, 5) is 37.0. The zero-order valence-electron chi connectivity index (χ0n) is 16.0. The van der Waals surface area contributed by atoms with Crippen LogP contribution in [0.25, 0.3) is 0 Å². The van der Waals surface area contributed by atoms with Crippen LogP contribution in [0.5, 0.6) is 0 Å². The minimum Gasteiger partial charge on any atom is -0.379 e. The number of amides is 2. The standard InChI is InChI=1S/C17H33N3O4/c1-8-12(2)15(13(24-7)9-10-21)20(6)14(22)11-19-16(23)17(3,4)18-5/h10,12-13,15,18H,8-9,11H2,1-7H3,(H,19,23). The summed E-state index contributed by atoms with van der Waals surface area (Å²) in [5.74, 6) is -0.301. The zero-order chi connectivity index (χ0) is 18.9. The molecule has 0 radical (unpaired) electrons. The molecule has 0 heterocycles. The summed E-state index contributed by atoms with van der Waals surface area (Å²) in [6, 6.07) is -0.230. The molecule has 7 nitrogen and oxygen atoms in total. The molecular weight excluding hydrogens is 310 g/mol. The molecule has 0 aliphatic rings. The lowest BCUT2D eigenvalue weighted by molar-refractivity contribution is -0.139. The number of carbonyl (C=O) groups excluding carboxylic acids is 3. The van der Waals surface area contributed by atoms with Crippen molar-refractivity contribution in [2.75, 3.05) is 27.7 Å². The van der Waals surface area contributed by atoms with Crippen molar-refractivity contribution in [3.05, 3.63) is 0 Å². The molecule has 0 aliphatic carbocycles. The third-order valence-electron chi connectivity index (χ3n) is 4.67. The Bertz CT molecular complexity index is 426. The van der Waals surface area contributed by atoms with E-state index in [0.717, 1.165) is 12.7 Å². The van der Waals surface area contributed by atoms with E-state index in [-0.39, 0.29) is 42.8 Å². The topological polar surface area (TPSA) is 87.7 Å². The van der Waals surface area contributed by atoms with Gasteiger partial charge >= 0.3 is 0 Å². The normalized spacial score (nSPS) is 15.3. The number of nitrogens with zero attached hydrogens (tertiary/aromatic N) is 1. The number of likely N-dealkylation sites (N-methyl/N-ethyl adjacent to an activating group) is 2. The van der Waals surface area contributed by atoms with Crippen molar-refractivity contribution in [2.45, 2.75) is 58.2 Å². The lowest BCUT2D eigenvalue weighted by Gasteiger charge is -2.37. The van der Waals surface area contributed by atoms with Crippen molar-refractivity contribution >= 4 is 18.1 Å². The highest BCUT2D eigenvalue weighted by atomic mass is 16.5. The molecule has 2 amide bonds. The van der Waals surface area contributed by atoms with Gasteiger partial charge in [0.05, 0.1) is 24.2 Å². The summed E-state index contributed by atoms with van der Waals surface area (Å²) < 4.78 is 5.42. The van der Waals surface area contributed by atoms with Gasteiger partial charge in [0.15, 0.2) is 0 Å². The number of hydrogen-bond donors (Lipinski definition) is 2. The highest BCUT2D eigenvalue weighted by Gasteiger charge is 2.33. The van der Waals surface area contributed by atoms with E-state index >= 15 is 0 Å². The van der Waals surface area contributed by atoms with Gasteiger partial charge in [0.2, 0.25) is 11.8 Å². The second-order valence-electron chi connectivity index (χ2n) is 6.61. The van der Waals surface area contributed by atoms with E-state index in [4.69, 9.17) is 4.74 Å². The summed E-state index contributed by atoms with van der Waals surface area (Å²) in [5.41, 5.74) is -0.748. The van der Waals surface area contributed by atoms with Crippen LogP contribution in [-0.2, 0) is 19.1 Å². The largest absolute Gasteiger partial charge is 0.379 e. The molecule has 0 saturated heterocycles. The van der Waals surface area contributed by atoms with E-state index in [9.17, 15) is 14.4 Å². The number of ether oxygens (including phenoxy) is 1. The first kappa shape index (κ1) is 22.5. The van der Waals surface area contributed by atoms with E-state index in [0.29, 0.717) is 0 Å². The quantitative estimate of drug-likeness (QED) is 0.536. The molecule has 0 aromatic rings. The lowest BCUT2D eigenvalue weighted by Crippen LogP contribution is -2.55. The van der Waals surface area contributed by atoms with Gasteiger partial charge in [-0.15, -0.1) is 0 Å². The molecule has 7 heteroatoms. The number of aldehydes is 1. The Morgan fingerprint density at radius 3 is 2.33 bits per heavy atom. The highest BCUT2D eigenvalue weighted by Crippen LogP contribution is 2.21. The fourth-order valence-corrected chi connectivity index (χ4v) is 2.49. The number of hydrogen-bond acceptors (Lipinski definition) is 5. The van der Waals surface area contributed by atoms with E-state index in [2.05, 4.69) is 10.6 Å². The van der Waals surface area contributed by atoms with E-state index in [1.807, 2.05) is 13.8 Å². The minimum absolute atomic E-state index is 0.0924. The average Bonchev–Trinajstić information content (AvgIpc) is 2.57. The second-order valence-corrected chi connectivity index (χ2v) is 6.61. The van der Waals surface area contributed by atoms with Crippen LogP contribution < -0.4 is 10.6 Å². The van der Waals surface area contributed by atoms with Crippen LogP contribution in [0.2, 0.25) is 0 Å². The molecule has 0 bridgehead atoms. The summed E-state index contributed by atoms with van der Waals surface area (Å²) in [5, 5.41) is 5.54. The molecule has 0 spiro atoms. The number of nitrogens with one attached hydrogen (secondary N) is 2. The molecule has 3 atom stereocenters. The van der Waals surface area contributed by atoms with Crippen molar-refractivity contribution in [3.8, 4) is 0 Å². The number of carbonyl (C=O) groups is 3. The minimum atomic E-state index is -0.748. The molecule has 0 fully saturated rings. The Kier molecular flexibility index (Phi) is 9.77. The summed E-state index contributed by atoms with van der Waals surface area (Å²) in [6.45, 7) is 7.44. The molecule has 140 valence electrons. The van der Waals surface area contributed by atoms with Gasteiger partial charge in [0.1, 0.15) is 6.29 Å². The molecule has 24 heavy (non-hydrogen) atoms. The Morgan fingerprint density at radius 2 is 1.92 bits per heavy atom. The predicted molar refractivity (Wildman–Crippen MR) is 93.6 cm³/mol. The van der Waals surface area contributed by atoms with Crippen molar-refractivity contribution in [3.63, 3.8) is 0 Å². The monoisotopic (exact) mass is 343 g/mol. The zero-order valence-corrected chi connectivity index (χ0v) is 16.0. The SMILES string of the molecule is CCC(C)C(C(CC=O)OC)N(C)C(=O)CNC(=O)C(C)(C)NC. The van der Waals surface area contributed by atoms with Crippen LogP contribution in [0.15, 0.2) is 0 Å². The Labute approximate surface area is 145 Å². The Balaban J connectivity index is 5.01. The van der Waals surface area contributed by atoms with Crippen molar-refractivity contribution in [1.82, 2.24) is 15.5 Å².